The number of sulfonamides is 1. The summed E-state index contributed by atoms with van der Waals surface area (Å²) in [5, 5.41) is 19.2. The lowest BCUT2D eigenvalue weighted by Gasteiger charge is -2.31. The van der Waals surface area contributed by atoms with Crippen LogP contribution in [0.3, 0.4) is 0 Å². The third-order valence-corrected chi connectivity index (χ3v) is 6.98. The van der Waals surface area contributed by atoms with Gasteiger partial charge in [0.05, 0.1) is 28.3 Å². The van der Waals surface area contributed by atoms with E-state index in [0.717, 1.165) is 28.6 Å². The number of hydrogen-bond donors (Lipinski definition) is 2. The molecule has 0 amide bonds. The summed E-state index contributed by atoms with van der Waals surface area (Å²) in [6.45, 7) is 2.09. The molecule has 3 aromatic rings. The van der Waals surface area contributed by atoms with Crippen LogP contribution >= 0.6 is 0 Å². The minimum absolute atomic E-state index is 0.111. The summed E-state index contributed by atoms with van der Waals surface area (Å²) in [5.41, 5.74) is -1.63. The van der Waals surface area contributed by atoms with E-state index in [0.29, 0.717) is 11.1 Å². The molecular formula is C27H26F3NO6S. The summed E-state index contributed by atoms with van der Waals surface area (Å²) in [6.07, 6.45) is -2.38. The van der Waals surface area contributed by atoms with Crippen molar-refractivity contribution in [2.75, 3.05) is 10.8 Å². The molecule has 0 saturated heterocycles. The minimum atomic E-state index is -4.71. The van der Waals surface area contributed by atoms with Gasteiger partial charge in [0.2, 0.25) is 0 Å². The van der Waals surface area contributed by atoms with Crippen LogP contribution in [0.15, 0.2) is 83.8 Å². The second-order valence-corrected chi connectivity index (χ2v) is 10.9. The number of aliphatic hydroxyl groups is 1. The Balaban J connectivity index is 2.04. The van der Waals surface area contributed by atoms with Gasteiger partial charge in [0, 0.05) is 6.08 Å². The van der Waals surface area contributed by atoms with E-state index in [9.17, 15) is 31.5 Å². The van der Waals surface area contributed by atoms with Crippen LogP contribution in [0.2, 0.25) is 0 Å². The van der Waals surface area contributed by atoms with Gasteiger partial charge in [-0.3, -0.25) is 4.31 Å². The molecule has 0 atom stereocenters. The van der Waals surface area contributed by atoms with E-state index in [1.165, 1.54) is 44.2 Å². The number of anilines is 1. The van der Waals surface area contributed by atoms with Crippen molar-refractivity contribution in [1.29, 1.82) is 0 Å². The van der Waals surface area contributed by atoms with Crippen molar-refractivity contribution >= 4 is 27.8 Å². The van der Waals surface area contributed by atoms with E-state index in [1.807, 2.05) is 0 Å². The van der Waals surface area contributed by atoms with E-state index in [2.05, 4.69) is 0 Å². The standard InChI is InChI=1S/C27H26F3NO6S/c1-26(2,34)18-31(38(35,36)22-6-4-3-5-7-22)23-14-13-21(27(28,29)30)16-24(23)37-17-20-10-8-19(9-11-20)12-15-25(32)33/h3-16,34H,17-18H2,1-2H3,(H,32,33)/b15-12+. The summed E-state index contributed by atoms with van der Waals surface area (Å²) >= 11 is 0. The highest BCUT2D eigenvalue weighted by atomic mass is 32.2. The molecule has 0 unspecified atom stereocenters. The molecule has 0 aromatic heterocycles. The summed E-state index contributed by atoms with van der Waals surface area (Å²) in [4.78, 5) is 10.6. The average molecular weight is 550 g/mol. The SMILES string of the molecule is CC(C)(O)CN(c1ccc(C(F)(F)F)cc1OCc1ccc(/C=C/C(=O)O)cc1)S(=O)(=O)c1ccccc1. The molecule has 0 fully saturated rings. The van der Waals surface area contributed by atoms with Crippen LogP contribution in [0.4, 0.5) is 18.9 Å². The van der Waals surface area contributed by atoms with Crippen molar-refractivity contribution in [1.82, 2.24) is 0 Å². The quantitative estimate of drug-likeness (QED) is 0.331. The zero-order chi connectivity index (χ0) is 28.1. The van der Waals surface area contributed by atoms with Gasteiger partial charge in [0.1, 0.15) is 12.4 Å². The lowest BCUT2D eigenvalue weighted by Crippen LogP contribution is -2.42. The summed E-state index contributed by atoms with van der Waals surface area (Å²) in [6, 6.07) is 16.2. The zero-order valence-corrected chi connectivity index (χ0v) is 21.3. The van der Waals surface area contributed by atoms with E-state index in [1.54, 1.807) is 30.3 Å². The van der Waals surface area contributed by atoms with Crippen LogP contribution in [0.5, 0.6) is 5.75 Å². The average Bonchev–Trinajstić information content (AvgIpc) is 2.84. The number of hydrogen-bond acceptors (Lipinski definition) is 5. The van der Waals surface area contributed by atoms with Crippen LogP contribution in [0.25, 0.3) is 6.08 Å². The first-order chi connectivity index (χ1) is 17.7. The number of carboxylic acid groups (broad SMARTS) is 1. The van der Waals surface area contributed by atoms with Crippen LogP contribution < -0.4 is 9.04 Å². The smallest absolute Gasteiger partial charge is 0.416 e. The van der Waals surface area contributed by atoms with Gasteiger partial charge in [0.15, 0.2) is 0 Å². The van der Waals surface area contributed by atoms with Crippen LogP contribution in [-0.2, 0) is 27.6 Å². The van der Waals surface area contributed by atoms with Crippen molar-refractivity contribution in [3.63, 3.8) is 0 Å². The molecule has 0 aliphatic rings. The number of benzene rings is 3. The van der Waals surface area contributed by atoms with Gasteiger partial charge in [-0.2, -0.15) is 13.2 Å². The van der Waals surface area contributed by atoms with Gasteiger partial charge >= 0.3 is 12.1 Å². The van der Waals surface area contributed by atoms with Gasteiger partial charge < -0.3 is 14.9 Å². The van der Waals surface area contributed by atoms with E-state index >= 15 is 0 Å². The molecule has 0 saturated carbocycles. The molecule has 0 heterocycles. The number of carboxylic acids is 1. The Bertz CT molecular complexity index is 1400. The van der Waals surface area contributed by atoms with Crippen molar-refractivity contribution in [2.24, 2.45) is 0 Å². The fourth-order valence-electron chi connectivity index (χ4n) is 3.44. The Hall–Kier alpha value is -3.83. The minimum Gasteiger partial charge on any atom is -0.487 e. The van der Waals surface area contributed by atoms with Crippen LogP contribution in [0, 0.1) is 0 Å². The number of carbonyl (C=O) groups is 1. The predicted octanol–water partition coefficient (Wildman–Crippen LogP) is 5.35. The molecule has 11 heteroatoms. The summed E-state index contributed by atoms with van der Waals surface area (Å²) < 4.78 is 74.3. The maximum atomic E-state index is 13.6. The first-order valence-corrected chi connectivity index (χ1v) is 12.7. The first-order valence-electron chi connectivity index (χ1n) is 11.3. The largest absolute Gasteiger partial charge is 0.487 e. The molecule has 2 N–H and O–H groups in total. The van der Waals surface area contributed by atoms with Crippen molar-refractivity contribution in [2.45, 2.75) is 37.1 Å². The fourth-order valence-corrected chi connectivity index (χ4v) is 5.09. The van der Waals surface area contributed by atoms with Crippen molar-refractivity contribution in [3.8, 4) is 5.75 Å². The monoisotopic (exact) mass is 549 g/mol. The Labute approximate surface area is 218 Å². The topological polar surface area (TPSA) is 104 Å². The van der Waals surface area contributed by atoms with E-state index < -0.39 is 39.9 Å². The molecule has 3 aromatic carbocycles. The number of halogens is 3. The molecule has 0 radical (unpaired) electrons. The van der Waals surface area contributed by atoms with E-state index in [4.69, 9.17) is 9.84 Å². The van der Waals surface area contributed by atoms with Crippen LogP contribution in [-0.4, -0.2) is 36.7 Å². The maximum absolute atomic E-state index is 13.6. The fraction of sp³-hybridized carbons (Fsp3) is 0.222. The van der Waals surface area contributed by atoms with Crippen molar-refractivity contribution in [3.05, 3.63) is 95.6 Å². The summed E-state index contributed by atoms with van der Waals surface area (Å²) in [5.74, 6) is -1.46. The molecule has 0 aliphatic heterocycles. The molecule has 202 valence electrons. The lowest BCUT2D eigenvalue weighted by atomic mass is 10.1. The molecule has 0 bridgehead atoms. The van der Waals surface area contributed by atoms with Crippen LogP contribution in [0.1, 0.15) is 30.5 Å². The molecule has 0 spiro atoms. The van der Waals surface area contributed by atoms with Gasteiger partial charge in [-0.15, -0.1) is 0 Å². The molecule has 0 aliphatic carbocycles. The highest BCUT2D eigenvalue weighted by molar-refractivity contribution is 7.92. The maximum Gasteiger partial charge on any atom is 0.416 e. The predicted molar refractivity (Wildman–Crippen MR) is 136 cm³/mol. The van der Waals surface area contributed by atoms with E-state index in [-0.39, 0.29) is 22.9 Å². The third-order valence-electron chi connectivity index (χ3n) is 5.21. The molecule has 7 nitrogen and oxygen atoms in total. The number of nitrogens with zero attached hydrogens (tertiary/aromatic N) is 1. The lowest BCUT2D eigenvalue weighted by molar-refractivity contribution is -0.137. The number of rotatable bonds is 10. The second-order valence-electron chi connectivity index (χ2n) is 9.02. The van der Waals surface area contributed by atoms with Gasteiger partial charge in [-0.05, 0) is 61.4 Å². The Morgan fingerprint density at radius 3 is 2.18 bits per heavy atom. The third kappa shape index (κ3) is 7.59. The molecule has 38 heavy (non-hydrogen) atoms. The number of ether oxygens (including phenoxy) is 1. The second kappa shape index (κ2) is 11.3. The first kappa shape index (κ1) is 28.7. The molecular weight excluding hydrogens is 523 g/mol. The summed E-state index contributed by atoms with van der Waals surface area (Å²) in [7, 11) is -4.30. The normalized spacial score (nSPS) is 12.5. The van der Waals surface area contributed by atoms with Gasteiger partial charge in [-0.25, -0.2) is 13.2 Å². The molecule has 3 rings (SSSR count). The zero-order valence-electron chi connectivity index (χ0n) is 20.5. The van der Waals surface area contributed by atoms with Gasteiger partial charge in [-0.1, -0.05) is 42.5 Å². The van der Waals surface area contributed by atoms with Gasteiger partial charge in [0.25, 0.3) is 10.0 Å². The number of aliphatic carboxylic acids is 1. The number of alkyl halides is 3. The highest BCUT2D eigenvalue weighted by Gasteiger charge is 2.35. The van der Waals surface area contributed by atoms with Crippen molar-refractivity contribution < 1.29 is 41.3 Å². The Kier molecular flexibility index (Phi) is 8.53. The Morgan fingerprint density at radius 1 is 1.00 bits per heavy atom. The Morgan fingerprint density at radius 2 is 1.63 bits per heavy atom. The highest BCUT2D eigenvalue weighted by Crippen LogP contribution is 2.39.